The first-order chi connectivity index (χ1) is 10.3. The maximum atomic E-state index is 2.40. The Morgan fingerprint density at radius 2 is 1.65 bits per heavy atom. The normalized spacial score (nSPS) is 17.4. The standard InChI is InChI=1S/C20H17.2ClH.Zr/c1-2-14-10-11-16(12-14)18-8-5-9-19-17-7-4-3-6-15(17)13-20(18)19;;;/h3-10,12-13H,2,11H2,1H3;2*1H;/q;;;+2/p-2. The fraction of sp³-hybridized carbons (Fsp3) is 0.200. The summed E-state index contributed by atoms with van der Waals surface area (Å²) < 4.78 is 0.589. The largest absolute Gasteiger partial charge is 1.00 e. The summed E-state index contributed by atoms with van der Waals surface area (Å²) in [7, 11) is 0. The fourth-order valence-electron chi connectivity index (χ4n) is 3.56. The summed E-state index contributed by atoms with van der Waals surface area (Å²) in [6.45, 7) is 2.24. The minimum Gasteiger partial charge on any atom is -1.00 e. The van der Waals surface area contributed by atoms with Crippen molar-refractivity contribution in [3.8, 4) is 11.1 Å². The zero-order valence-corrected chi connectivity index (χ0v) is 16.9. The molecule has 0 aliphatic heterocycles. The van der Waals surface area contributed by atoms with Gasteiger partial charge in [0.1, 0.15) is 0 Å². The quantitative estimate of drug-likeness (QED) is 0.612. The molecule has 0 saturated carbocycles. The summed E-state index contributed by atoms with van der Waals surface area (Å²) in [5, 5.41) is 0. The molecule has 1 atom stereocenters. The molecule has 0 aromatic heterocycles. The maximum absolute atomic E-state index is 2.40. The first kappa shape index (κ1) is 18.7. The Morgan fingerprint density at radius 1 is 0.957 bits per heavy atom. The van der Waals surface area contributed by atoms with E-state index in [0.717, 1.165) is 12.8 Å². The number of hydrogen-bond acceptors (Lipinski definition) is 0. The maximum Gasteiger partial charge on any atom is -1.00 e. The van der Waals surface area contributed by atoms with Crippen LogP contribution in [-0.2, 0) is 24.7 Å². The van der Waals surface area contributed by atoms with Gasteiger partial charge in [-0.2, -0.15) is 0 Å². The van der Waals surface area contributed by atoms with Gasteiger partial charge in [0.05, 0.1) is 0 Å². The molecule has 1 unspecified atom stereocenters. The second kappa shape index (κ2) is 7.51. The van der Waals surface area contributed by atoms with E-state index in [0.29, 0.717) is 3.63 Å². The Balaban J connectivity index is 0.000000960. The minimum absolute atomic E-state index is 0. The zero-order chi connectivity index (χ0) is 14.4. The molecular weight excluding hydrogens is 402 g/mol. The number of halogens is 2. The van der Waals surface area contributed by atoms with E-state index in [4.69, 9.17) is 0 Å². The van der Waals surface area contributed by atoms with Gasteiger partial charge in [0.25, 0.3) is 0 Å². The third-order valence-corrected chi connectivity index (χ3v) is 6.13. The van der Waals surface area contributed by atoms with Crippen LogP contribution in [0.1, 0.15) is 40.1 Å². The van der Waals surface area contributed by atoms with Gasteiger partial charge in [-0.15, -0.1) is 0 Å². The molecule has 0 bridgehead atoms. The van der Waals surface area contributed by atoms with Gasteiger partial charge in [-0.25, -0.2) is 0 Å². The molecule has 23 heavy (non-hydrogen) atoms. The molecule has 0 amide bonds. The van der Waals surface area contributed by atoms with Gasteiger partial charge >= 0.3 is 142 Å². The van der Waals surface area contributed by atoms with Crippen molar-refractivity contribution >= 4 is 5.57 Å². The number of benzene rings is 2. The summed E-state index contributed by atoms with van der Waals surface area (Å²) >= 11 is 1.59. The molecule has 0 saturated heterocycles. The Kier molecular flexibility index (Phi) is 6.12. The molecule has 115 valence electrons. The van der Waals surface area contributed by atoms with E-state index in [1.54, 1.807) is 30.3 Å². The SMILES string of the molecule is CCC1=CCC(c2cccc3c2[CH]([Zr+2])c2ccccc2-3)=C1.[Cl-].[Cl-]. The van der Waals surface area contributed by atoms with E-state index in [1.807, 2.05) is 0 Å². The van der Waals surface area contributed by atoms with Gasteiger partial charge in [0.2, 0.25) is 0 Å². The van der Waals surface area contributed by atoms with Crippen molar-refractivity contribution in [2.24, 2.45) is 0 Å². The van der Waals surface area contributed by atoms with Gasteiger partial charge in [-0.05, 0) is 0 Å². The molecule has 3 heteroatoms. The van der Waals surface area contributed by atoms with Crippen molar-refractivity contribution < 1.29 is 49.5 Å². The molecule has 0 radical (unpaired) electrons. The molecule has 0 fully saturated rings. The van der Waals surface area contributed by atoms with Crippen LogP contribution in [0.2, 0.25) is 0 Å². The Hall–Kier alpha value is -0.617. The number of fused-ring (bicyclic) bond motifs is 3. The summed E-state index contributed by atoms with van der Waals surface area (Å²) in [5.74, 6) is 0. The summed E-state index contributed by atoms with van der Waals surface area (Å²) in [4.78, 5) is 0. The smallest absolute Gasteiger partial charge is 1.00 e. The van der Waals surface area contributed by atoms with Crippen LogP contribution in [0.5, 0.6) is 0 Å². The van der Waals surface area contributed by atoms with Crippen molar-refractivity contribution in [3.05, 3.63) is 76.9 Å². The first-order valence-electron chi connectivity index (χ1n) is 7.63. The van der Waals surface area contributed by atoms with Gasteiger partial charge in [-0.3, -0.25) is 0 Å². The molecule has 2 aromatic carbocycles. The van der Waals surface area contributed by atoms with E-state index in [9.17, 15) is 0 Å². The van der Waals surface area contributed by atoms with Gasteiger partial charge in [-0.1, -0.05) is 0 Å². The van der Waals surface area contributed by atoms with Crippen LogP contribution in [0.25, 0.3) is 16.7 Å². The van der Waals surface area contributed by atoms with Crippen LogP contribution in [0.3, 0.4) is 0 Å². The van der Waals surface area contributed by atoms with Crippen LogP contribution in [0.15, 0.2) is 60.2 Å². The van der Waals surface area contributed by atoms with Gasteiger partial charge in [0.15, 0.2) is 0 Å². The molecule has 2 aliphatic carbocycles. The Labute approximate surface area is 165 Å². The van der Waals surface area contributed by atoms with E-state index >= 15 is 0 Å². The monoisotopic (exact) mass is 417 g/mol. The summed E-state index contributed by atoms with van der Waals surface area (Å²) in [6.07, 6.45) is 7.02. The molecular formula is C20H17Cl2Zr. The van der Waals surface area contributed by atoms with Crippen LogP contribution < -0.4 is 24.8 Å². The summed E-state index contributed by atoms with van der Waals surface area (Å²) in [5.41, 5.74) is 10.4. The number of allylic oxidation sites excluding steroid dienone is 4. The van der Waals surface area contributed by atoms with E-state index in [-0.39, 0.29) is 24.8 Å². The third-order valence-electron chi connectivity index (χ3n) is 4.65. The molecule has 2 aromatic rings. The third kappa shape index (κ3) is 3.04. The first-order valence-corrected chi connectivity index (χ1v) is 9.05. The average Bonchev–Trinajstić information content (AvgIpc) is 3.12. The molecule has 0 nitrogen and oxygen atoms in total. The molecule has 0 N–H and O–H groups in total. The molecule has 2 aliphatic rings. The molecule has 0 spiro atoms. The van der Waals surface area contributed by atoms with E-state index in [2.05, 4.69) is 61.5 Å². The Morgan fingerprint density at radius 3 is 2.39 bits per heavy atom. The second-order valence-electron chi connectivity index (χ2n) is 5.79. The van der Waals surface area contributed by atoms with Crippen molar-refractivity contribution in [3.63, 3.8) is 0 Å². The topological polar surface area (TPSA) is 0 Å². The number of rotatable bonds is 2. The fourth-order valence-corrected chi connectivity index (χ4v) is 4.94. The molecule has 0 heterocycles. The van der Waals surface area contributed by atoms with Gasteiger partial charge < -0.3 is 24.8 Å². The van der Waals surface area contributed by atoms with Crippen LogP contribution in [0, 0.1) is 0 Å². The van der Waals surface area contributed by atoms with Gasteiger partial charge in [0, 0.05) is 0 Å². The predicted octanol–water partition coefficient (Wildman–Crippen LogP) is -0.565. The second-order valence-corrected chi connectivity index (χ2v) is 7.21. The van der Waals surface area contributed by atoms with Crippen LogP contribution in [-0.4, -0.2) is 0 Å². The predicted molar refractivity (Wildman–Crippen MR) is 84.7 cm³/mol. The van der Waals surface area contributed by atoms with E-state index in [1.165, 1.54) is 33.4 Å². The van der Waals surface area contributed by atoms with Crippen molar-refractivity contribution in [2.75, 3.05) is 0 Å². The molecule has 4 rings (SSSR count). The average molecular weight is 419 g/mol. The van der Waals surface area contributed by atoms with Crippen LogP contribution in [0.4, 0.5) is 0 Å². The minimum atomic E-state index is 0. The summed E-state index contributed by atoms with van der Waals surface area (Å²) in [6, 6.07) is 15.8. The van der Waals surface area contributed by atoms with E-state index < -0.39 is 0 Å². The zero-order valence-electron chi connectivity index (χ0n) is 12.9. The van der Waals surface area contributed by atoms with Crippen molar-refractivity contribution in [1.29, 1.82) is 0 Å². The number of hydrogen-bond donors (Lipinski definition) is 0. The van der Waals surface area contributed by atoms with Crippen LogP contribution >= 0.6 is 0 Å². The van der Waals surface area contributed by atoms with Crippen molar-refractivity contribution in [1.82, 2.24) is 0 Å². The Bertz CT molecular complexity index is 790. The van der Waals surface area contributed by atoms with Crippen molar-refractivity contribution in [2.45, 2.75) is 23.4 Å².